The van der Waals surface area contributed by atoms with Gasteiger partial charge in [-0.3, -0.25) is 10.1 Å². The van der Waals surface area contributed by atoms with Crippen LogP contribution in [0, 0.1) is 10.1 Å². The molecule has 0 aliphatic rings. The highest BCUT2D eigenvalue weighted by molar-refractivity contribution is 9.11. The second-order valence-electron chi connectivity index (χ2n) is 4.26. The van der Waals surface area contributed by atoms with Crippen LogP contribution in [0.2, 0.25) is 0 Å². The Balaban J connectivity index is 2.28. The zero-order valence-corrected chi connectivity index (χ0v) is 15.0. The number of rotatable bonds is 4. The van der Waals surface area contributed by atoms with Gasteiger partial charge in [0.15, 0.2) is 0 Å². The summed E-state index contributed by atoms with van der Waals surface area (Å²) in [6.07, 6.45) is 0.556. The van der Waals surface area contributed by atoms with Gasteiger partial charge in [0.1, 0.15) is 0 Å². The summed E-state index contributed by atoms with van der Waals surface area (Å²) in [5.74, 6) is 0. The first-order chi connectivity index (χ1) is 9.47. The molecular formula is C14H10Br3NO2. The number of hydrogen-bond donors (Lipinski definition) is 0. The Morgan fingerprint density at radius 3 is 2.30 bits per heavy atom. The third-order valence-corrected chi connectivity index (χ3v) is 4.60. The van der Waals surface area contributed by atoms with E-state index in [0.717, 1.165) is 20.1 Å². The quantitative estimate of drug-likeness (QED) is 0.327. The molecule has 0 aliphatic carbocycles. The van der Waals surface area contributed by atoms with Gasteiger partial charge < -0.3 is 0 Å². The monoisotopic (exact) mass is 461 g/mol. The van der Waals surface area contributed by atoms with E-state index in [1.165, 1.54) is 6.07 Å². The smallest absolute Gasteiger partial charge is 0.258 e. The van der Waals surface area contributed by atoms with Crippen LogP contribution >= 0.6 is 47.8 Å². The van der Waals surface area contributed by atoms with Gasteiger partial charge in [-0.05, 0) is 30.2 Å². The Hall–Kier alpha value is -0.720. The van der Waals surface area contributed by atoms with Gasteiger partial charge in [0.2, 0.25) is 0 Å². The van der Waals surface area contributed by atoms with E-state index >= 15 is 0 Å². The van der Waals surface area contributed by atoms with Gasteiger partial charge in [0.05, 0.1) is 4.92 Å². The molecule has 0 bridgehead atoms. The van der Waals surface area contributed by atoms with Crippen molar-refractivity contribution >= 4 is 53.5 Å². The van der Waals surface area contributed by atoms with Crippen LogP contribution in [0.4, 0.5) is 5.69 Å². The van der Waals surface area contributed by atoms with Crippen LogP contribution in [0.1, 0.15) is 16.0 Å². The molecule has 0 heterocycles. The molecular weight excluding hydrogens is 454 g/mol. The first-order valence-corrected chi connectivity index (χ1v) is 8.30. The molecule has 0 saturated heterocycles. The highest BCUT2D eigenvalue weighted by Gasteiger charge is 2.17. The van der Waals surface area contributed by atoms with Crippen LogP contribution in [0.25, 0.3) is 0 Å². The average Bonchev–Trinajstić information content (AvgIpc) is 2.37. The number of nitro benzene ring substituents is 1. The van der Waals surface area contributed by atoms with Crippen molar-refractivity contribution in [3.63, 3.8) is 0 Å². The molecule has 2 rings (SSSR count). The zero-order valence-electron chi connectivity index (χ0n) is 10.2. The fraction of sp³-hybridized carbons (Fsp3) is 0.143. The summed E-state index contributed by atoms with van der Waals surface area (Å²) in [5.41, 5.74) is 1.94. The number of nitrogens with zero attached hydrogens (tertiary/aromatic N) is 1. The molecule has 0 amide bonds. The van der Waals surface area contributed by atoms with E-state index in [9.17, 15) is 10.1 Å². The molecule has 0 saturated carbocycles. The molecule has 1 atom stereocenters. The predicted molar refractivity (Wildman–Crippen MR) is 90.3 cm³/mol. The molecule has 0 aromatic heterocycles. The van der Waals surface area contributed by atoms with Crippen LogP contribution < -0.4 is 0 Å². The number of hydrogen-bond acceptors (Lipinski definition) is 2. The number of nitro groups is 1. The Morgan fingerprint density at radius 1 is 1.10 bits per heavy atom. The standard InChI is InChI=1S/C14H10Br3NO2/c15-11-5-10(6-12(16)8-11)13(17)7-9-3-1-2-4-14(9)18(19)20/h1-6,8,13H,7H2. The van der Waals surface area contributed by atoms with Crippen LogP contribution in [-0.2, 0) is 6.42 Å². The van der Waals surface area contributed by atoms with Crippen molar-refractivity contribution in [3.8, 4) is 0 Å². The Kier molecular flexibility index (Phi) is 5.35. The fourth-order valence-electron chi connectivity index (χ4n) is 1.93. The van der Waals surface area contributed by atoms with Crippen molar-refractivity contribution in [2.75, 3.05) is 0 Å². The van der Waals surface area contributed by atoms with Gasteiger partial charge in [-0.15, -0.1) is 0 Å². The van der Waals surface area contributed by atoms with Crippen LogP contribution in [0.3, 0.4) is 0 Å². The van der Waals surface area contributed by atoms with Gasteiger partial charge in [0.25, 0.3) is 5.69 Å². The minimum atomic E-state index is -0.341. The third kappa shape index (κ3) is 3.90. The summed E-state index contributed by atoms with van der Waals surface area (Å²) >= 11 is 10.5. The number of alkyl halides is 1. The molecule has 1 unspecified atom stereocenters. The Labute approximate surface area is 141 Å². The van der Waals surface area contributed by atoms with Gasteiger partial charge in [0, 0.05) is 25.4 Å². The van der Waals surface area contributed by atoms with Crippen LogP contribution in [-0.4, -0.2) is 4.92 Å². The lowest BCUT2D eigenvalue weighted by atomic mass is 10.0. The van der Waals surface area contributed by atoms with Crippen molar-refractivity contribution in [2.24, 2.45) is 0 Å². The second kappa shape index (κ2) is 6.83. The molecule has 104 valence electrons. The molecule has 0 fully saturated rings. The summed E-state index contributed by atoms with van der Waals surface area (Å²) in [4.78, 5) is 10.7. The first-order valence-electron chi connectivity index (χ1n) is 5.79. The van der Waals surface area contributed by atoms with Gasteiger partial charge >= 0.3 is 0 Å². The fourth-order valence-corrected chi connectivity index (χ4v) is 3.87. The van der Waals surface area contributed by atoms with Crippen molar-refractivity contribution in [2.45, 2.75) is 11.2 Å². The Morgan fingerprint density at radius 2 is 1.70 bits per heavy atom. The Bertz CT molecular complexity index is 626. The molecule has 0 N–H and O–H groups in total. The van der Waals surface area contributed by atoms with E-state index in [1.54, 1.807) is 12.1 Å². The lowest BCUT2D eigenvalue weighted by Crippen LogP contribution is -2.00. The molecule has 0 radical (unpaired) electrons. The first kappa shape index (κ1) is 15.7. The van der Waals surface area contributed by atoms with E-state index in [0.29, 0.717) is 6.42 Å². The lowest BCUT2D eigenvalue weighted by molar-refractivity contribution is -0.385. The van der Waals surface area contributed by atoms with E-state index in [1.807, 2.05) is 24.3 Å². The SMILES string of the molecule is O=[N+]([O-])c1ccccc1CC(Br)c1cc(Br)cc(Br)c1. The molecule has 2 aromatic carbocycles. The lowest BCUT2D eigenvalue weighted by Gasteiger charge is -2.11. The van der Waals surface area contributed by atoms with E-state index in [4.69, 9.17) is 0 Å². The minimum absolute atomic E-state index is 0.0115. The van der Waals surface area contributed by atoms with Crippen molar-refractivity contribution < 1.29 is 4.92 Å². The number of halogens is 3. The maximum atomic E-state index is 11.0. The highest BCUT2D eigenvalue weighted by Crippen LogP contribution is 2.33. The van der Waals surface area contributed by atoms with Crippen molar-refractivity contribution in [1.29, 1.82) is 0 Å². The summed E-state index contributed by atoms with van der Waals surface area (Å²) < 4.78 is 1.93. The number of benzene rings is 2. The normalized spacial score (nSPS) is 12.2. The van der Waals surface area contributed by atoms with E-state index in [-0.39, 0.29) is 15.4 Å². The van der Waals surface area contributed by atoms with E-state index in [2.05, 4.69) is 47.8 Å². The zero-order chi connectivity index (χ0) is 14.7. The van der Waals surface area contributed by atoms with Crippen molar-refractivity contribution in [3.05, 3.63) is 72.7 Å². The highest BCUT2D eigenvalue weighted by atomic mass is 79.9. The predicted octanol–water partition coefficient (Wildman–Crippen LogP) is 5.80. The van der Waals surface area contributed by atoms with Crippen molar-refractivity contribution in [1.82, 2.24) is 0 Å². The minimum Gasteiger partial charge on any atom is -0.258 e. The molecule has 6 heteroatoms. The topological polar surface area (TPSA) is 43.1 Å². The van der Waals surface area contributed by atoms with Gasteiger partial charge in [-0.25, -0.2) is 0 Å². The molecule has 0 aliphatic heterocycles. The van der Waals surface area contributed by atoms with Gasteiger partial charge in [-0.2, -0.15) is 0 Å². The second-order valence-corrected chi connectivity index (χ2v) is 7.20. The molecule has 20 heavy (non-hydrogen) atoms. The summed E-state index contributed by atoms with van der Waals surface area (Å²) in [6.45, 7) is 0. The largest absolute Gasteiger partial charge is 0.272 e. The summed E-state index contributed by atoms with van der Waals surface area (Å²) in [7, 11) is 0. The van der Waals surface area contributed by atoms with Crippen LogP contribution in [0.5, 0.6) is 0 Å². The number of para-hydroxylation sites is 1. The molecule has 0 spiro atoms. The molecule has 3 nitrogen and oxygen atoms in total. The maximum absolute atomic E-state index is 11.0. The van der Waals surface area contributed by atoms with E-state index < -0.39 is 0 Å². The third-order valence-electron chi connectivity index (χ3n) is 2.83. The maximum Gasteiger partial charge on any atom is 0.272 e. The molecule has 2 aromatic rings. The van der Waals surface area contributed by atoms with Gasteiger partial charge in [-0.1, -0.05) is 66.0 Å². The average molecular weight is 464 g/mol. The summed E-state index contributed by atoms with van der Waals surface area (Å²) in [6, 6.07) is 12.8. The summed E-state index contributed by atoms with van der Waals surface area (Å²) in [5, 5.41) is 11.0. The van der Waals surface area contributed by atoms with Crippen LogP contribution in [0.15, 0.2) is 51.4 Å².